The van der Waals surface area contributed by atoms with Crippen LogP contribution >= 0.6 is 0 Å². The third-order valence-electron chi connectivity index (χ3n) is 5.75. The molecule has 2 aliphatic rings. The molecule has 0 aromatic carbocycles. The molecule has 156 valence electrons. The fraction of sp³-hybridized carbons (Fsp3) is 0.526. The molecular formula is C19H26N6O3S. The van der Waals surface area contributed by atoms with Crippen molar-refractivity contribution in [2.45, 2.75) is 31.7 Å². The lowest BCUT2D eigenvalue weighted by atomic mass is 9.92. The third kappa shape index (κ3) is 3.74. The lowest BCUT2D eigenvalue weighted by molar-refractivity contribution is 0.0962. The van der Waals surface area contributed by atoms with Gasteiger partial charge in [-0.15, -0.1) is 0 Å². The number of sulfonamides is 1. The highest BCUT2D eigenvalue weighted by Gasteiger charge is 2.28. The summed E-state index contributed by atoms with van der Waals surface area (Å²) in [5, 5.41) is 6.07. The number of anilines is 1. The van der Waals surface area contributed by atoms with E-state index in [-0.39, 0.29) is 11.9 Å². The molecule has 2 aromatic rings. The topological polar surface area (TPSA) is 109 Å². The van der Waals surface area contributed by atoms with Crippen LogP contribution in [0.25, 0.3) is 11.4 Å². The summed E-state index contributed by atoms with van der Waals surface area (Å²) in [6.07, 6.45) is 7.96. The summed E-state index contributed by atoms with van der Waals surface area (Å²) in [7, 11) is 0.423. The molecule has 9 nitrogen and oxygen atoms in total. The molecule has 0 radical (unpaired) electrons. The summed E-state index contributed by atoms with van der Waals surface area (Å²) in [6.45, 7) is 0.998. The Labute approximate surface area is 170 Å². The molecule has 10 heteroatoms. The average molecular weight is 419 g/mol. The molecule has 2 aromatic heterocycles. The van der Waals surface area contributed by atoms with Gasteiger partial charge in [-0.05, 0) is 36.8 Å². The summed E-state index contributed by atoms with van der Waals surface area (Å²) in [6, 6.07) is 0.129. The zero-order valence-electron chi connectivity index (χ0n) is 16.9. The van der Waals surface area contributed by atoms with Crippen molar-refractivity contribution < 1.29 is 13.2 Å². The van der Waals surface area contributed by atoms with Crippen LogP contribution in [-0.4, -0.2) is 65.6 Å². The van der Waals surface area contributed by atoms with Crippen molar-refractivity contribution in [2.24, 2.45) is 7.05 Å². The summed E-state index contributed by atoms with van der Waals surface area (Å²) in [5.74, 6) is 0.451. The van der Waals surface area contributed by atoms with Crippen LogP contribution < -0.4 is 10.6 Å². The van der Waals surface area contributed by atoms with E-state index in [1.807, 2.05) is 24.0 Å². The number of nitrogens with one attached hydrogen (secondary N) is 2. The SMILES string of the molecule is CNC(=O)c1cn(C)c2c1CCc1cnc(NC3CCN(S(C)(=O)=O)CC3)nc1-2. The van der Waals surface area contributed by atoms with E-state index < -0.39 is 10.0 Å². The average Bonchev–Trinajstić information content (AvgIpc) is 3.04. The largest absolute Gasteiger partial charge is 0.355 e. The highest BCUT2D eigenvalue weighted by atomic mass is 32.2. The molecular weight excluding hydrogens is 392 g/mol. The van der Waals surface area contributed by atoms with E-state index in [0.29, 0.717) is 37.4 Å². The summed E-state index contributed by atoms with van der Waals surface area (Å²) in [5.41, 5.74) is 4.60. The van der Waals surface area contributed by atoms with Gasteiger partial charge in [0, 0.05) is 45.6 Å². The van der Waals surface area contributed by atoms with Crippen LogP contribution in [-0.2, 0) is 29.9 Å². The third-order valence-corrected chi connectivity index (χ3v) is 7.05. The van der Waals surface area contributed by atoms with Crippen molar-refractivity contribution in [1.29, 1.82) is 0 Å². The van der Waals surface area contributed by atoms with Crippen LogP contribution in [0.3, 0.4) is 0 Å². The van der Waals surface area contributed by atoms with Crippen molar-refractivity contribution in [1.82, 2.24) is 24.2 Å². The van der Waals surface area contributed by atoms with Crippen molar-refractivity contribution in [3.63, 3.8) is 0 Å². The molecule has 0 spiro atoms. The van der Waals surface area contributed by atoms with Crippen LogP contribution in [0.1, 0.15) is 34.3 Å². The smallest absolute Gasteiger partial charge is 0.252 e. The van der Waals surface area contributed by atoms with Gasteiger partial charge in [0.15, 0.2) is 0 Å². The second kappa shape index (κ2) is 7.42. The second-order valence-corrected chi connectivity index (χ2v) is 9.69. The number of carbonyl (C=O) groups excluding carboxylic acids is 1. The molecule has 29 heavy (non-hydrogen) atoms. The van der Waals surface area contributed by atoms with E-state index in [9.17, 15) is 13.2 Å². The summed E-state index contributed by atoms with van der Waals surface area (Å²) >= 11 is 0. The molecule has 0 unspecified atom stereocenters. The Bertz CT molecular complexity index is 1050. The normalized spacial score (nSPS) is 17.5. The fourth-order valence-electron chi connectivity index (χ4n) is 4.21. The van der Waals surface area contributed by atoms with E-state index in [2.05, 4.69) is 15.6 Å². The first-order valence-electron chi connectivity index (χ1n) is 9.76. The number of piperidine rings is 1. The highest BCUT2D eigenvalue weighted by molar-refractivity contribution is 7.88. The van der Waals surface area contributed by atoms with Gasteiger partial charge < -0.3 is 15.2 Å². The standard InChI is InChI=1S/C19H26N6O3S/c1-20-18(26)15-11-24(2)17-14(15)5-4-12-10-21-19(23-16(12)17)22-13-6-8-25(9-7-13)29(3,27)28/h10-11,13H,4-9H2,1-3H3,(H,20,26)(H,21,22,23). The quantitative estimate of drug-likeness (QED) is 0.759. The van der Waals surface area contributed by atoms with Crippen LogP contribution in [0.2, 0.25) is 0 Å². The first-order chi connectivity index (χ1) is 13.8. The molecule has 4 rings (SSSR count). The predicted molar refractivity (Wildman–Crippen MR) is 110 cm³/mol. The number of hydrogen-bond donors (Lipinski definition) is 2. The minimum absolute atomic E-state index is 0.0876. The lowest BCUT2D eigenvalue weighted by Crippen LogP contribution is -2.42. The molecule has 2 N–H and O–H groups in total. The Hall–Kier alpha value is -2.46. The van der Waals surface area contributed by atoms with Crippen LogP contribution in [0, 0.1) is 0 Å². The van der Waals surface area contributed by atoms with E-state index in [4.69, 9.17) is 4.98 Å². The zero-order chi connectivity index (χ0) is 20.8. The van der Waals surface area contributed by atoms with E-state index in [1.165, 1.54) is 10.6 Å². The van der Waals surface area contributed by atoms with Crippen LogP contribution in [0.15, 0.2) is 12.4 Å². The Morgan fingerprint density at radius 2 is 1.97 bits per heavy atom. The maximum atomic E-state index is 12.2. The monoisotopic (exact) mass is 418 g/mol. The van der Waals surface area contributed by atoms with E-state index in [0.717, 1.165) is 35.4 Å². The zero-order valence-corrected chi connectivity index (χ0v) is 17.7. The highest BCUT2D eigenvalue weighted by Crippen LogP contribution is 2.35. The molecule has 3 heterocycles. The van der Waals surface area contributed by atoms with Gasteiger partial charge in [0.05, 0.1) is 23.2 Å². The van der Waals surface area contributed by atoms with Crippen LogP contribution in [0.4, 0.5) is 5.95 Å². The first kappa shape index (κ1) is 19.8. The Morgan fingerprint density at radius 3 is 2.62 bits per heavy atom. The number of aryl methyl sites for hydroxylation is 2. The maximum absolute atomic E-state index is 12.2. The number of rotatable bonds is 4. The van der Waals surface area contributed by atoms with Crippen molar-refractivity contribution in [3.05, 3.63) is 29.1 Å². The second-order valence-electron chi connectivity index (χ2n) is 7.71. The molecule has 0 saturated carbocycles. The van der Waals surface area contributed by atoms with Gasteiger partial charge in [0.25, 0.3) is 5.91 Å². The van der Waals surface area contributed by atoms with Crippen LogP contribution in [0.5, 0.6) is 0 Å². The molecule has 1 saturated heterocycles. The van der Waals surface area contributed by atoms with Gasteiger partial charge in [0.1, 0.15) is 0 Å². The van der Waals surface area contributed by atoms with Gasteiger partial charge in [-0.1, -0.05) is 0 Å². The van der Waals surface area contributed by atoms with E-state index in [1.54, 1.807) is 7.05 Å². The Morgan fingerprint density at radius 1 is 1.24 bits per heavy atom. The van der Waals surface area contributed by atoms with Gasteiger partial charge in [-0.25, -0.2) is 22.7 Å². The molecule has 1 aliphatic carbocycles. The van der Waals surface area contributed by atoms with Crippen molar-refractivity contribution in [3.8, 4) is 11.4 Å². The van der Waals surface area contributed by atoms with Gasteiger partial charge in [-0.2, -0.15) is 0 Å². The molecule has 0 bridgehead atoms. The minimum Gasteiger partial charge on any atom is -0.355 e. The summed E-state index contributed by atoms with van der Waals surface area (Å²) < 4.78 is 26.8. The number of fused-ring (bicyclic) bond motifs is 3. The van der Waals surface area contributed by atoms with Crippen molar-refractivity contribution >= 4 is 21.9 Å². The molecule has 1 aliphatic heterocycles. The maximum Gasteiger partial charge on any atom is 0.252 e. The number of amides is 1. The van der Waals surface area contributed by atoms with Crippen molar-refractivity contribution in [2.75, 3.05) is 31.7 Å². The summed E-state index contributed by atoms with van der Waals surface area (Å²) in [4.78, 5) is 21.5. The fourth-order valence-corrected chi connectivity index (χ4v) is 5.08. The Balaban J connectivity index is 1.57. The number of aromatic nitrogens is 3. The van der Waals surface area contributed by atoms with E-state index >= 15 is 0 Å². The first-order valence-corrected chi connectivity index (χ1v) is 11.6. The minimum atomic E-state index is -3.14. The van der Waals surface area contributed by atoms with Gasteiger partial charge in [0.2, 0.25) is 16.0 Å². The molecule has 0 atom stereocenters. The number of hydrogen-bond acceptors (Lipinski definition) is 6. The predicted octanol–water partition coefficient (Wildman–Crippen LogP) is 0.776. The lowest BCUT2D eigenvalue weighted by Gasteiger charge is -2.30. The molecule has 1 amide bonds. The van der Waals surface area contributed by atoms with Gasteiger partial charge in [-0.3, -0.25) is 4.79 Å². The molecule has 1 fully saturated rings. The number of carbonyl (C=O) groups is 1. The Kier molecular flexibility index (Phi) is 5.07. The number of nitrogens with zero attached hydrogens (tertiary/aromatic N) is 4. The van der Waals surface area contributed by atoms with Gasteiger partial charge >= 0.3 is 0 Å².